The molecule has 3 nitrogen and oxygen atoms in total. The van der Waals surface area contributed by atoms with Gasteiger partial charge in [0, 0.05) is 10.7 Å². The summed E-state index contributed by atoms with van der Waals surface area (Å²) in [4.78, 5) is 10.3. The number of carbonyl (C=O) groups excluding carboxylic acids is 1. The van der Waals surface area contributed by atoms with Crippen molar-refractivity contribution in [1.29, 1.82) is 0 Å². The maximum atomic E-state index is 10.3. The SMILES string of the molecule is CC(C)OC(=O)OSCl. The van der Waals surface area contributed by atoms with Crippen LogP contribution in [0.4, 0.5) is 4.79 Å². The first kappa shape index (κ1) is 8.91. The second-order valence-corrected chi connectivity index (χ2v) is 2.23. The van der Waals surface area contributed by atoms with Crippen molar-refractivity contribution in [2.45, 2.75) is 20.0 Å². The Morgan fingerprint density at radius 1 is 1.67 bits per heavy atom. The third kappa shape index (κ3) is 5.79. The van der Waals surface area contributed by atoms with Crippen molar-refractivity contribution in [1.82, 2.24) is 0 Å². The Balaban J connectivity index is 3.27. The van der Waals surface area contributed by atoms with Gasteiger partial charge in [0.05, 0.1) is 6.10 Å². The van der Waals surface area contributed by atoms with Gasteiger partial charge in [0.15, 0.2) is 11.3 Å². The summed E-state index contributed by atoms with van der Waals surface area (Å²) in [5, 5.41) is 0. The van der Waals surface area contributed by atoms with Crippen LogP contribution in [0, 0.1) is 0 Å². The van der Waals surface area contributed by atoms with Crippen LogP contribution in [0.2, 0.25) is 0 Å². The topological polar surface area (TPSA) is 35.5 Å². The van der Waals surface area contributed by atoms with Crippen LogP contribution in [0.1, 0.15) is 13.8 Å². The third-order valence-electron chi connectivity index (χ3n) is 0.431. The second kappa shape index (κ2) is 4.76. The highest BCUT2D eigenvalue weighted by atomic mass is 35.7. The van der Waals surface area contributed by atoms with E-state index >= 15 is 0 Å². The molecule has 0 radical (unpaired) electrons. The van der Waals surface area contributed by atoms with Crippen LogP contribution in [0.5, 0.6) is 0 Å². The second-order valence-electron chi connectivity index (χ2n) is 1.56. The molecule has 0 aromatic rings. The van der Waals surface area contributed by atoms with Crippen LogP contribution >= 0.6 is 21.9 Å². The maximum absolute atomic E-state index is 10.3. The van der Waals surface area contributed by atoms with E-state index in [4.69, 9.17) is 10.7 Å². The molecule has 0 saturated heterocycles. The largest absolute Gasteiger partial charge is 0.522 e. The lowest BCUT2D eigenvalue weighted by Gasteiger charge is -2.03. The van der Waals surface area contributed by atoms with Gasteiger partial charge in [-0.1, -0.05) is 0 Å². The fourth-order valence-corrected chi connectivity index (χ4v) is 0.483. The fraction of sp³-hybridized carbons (Fsp3) is 0.750. The van der Waals surface area contributed by atoms with Crippen LogP contribution in [0.15, 0.2) is 0 Å². The minimum Gasteiger partial charge on any atom is -0.431 e. The summed E-state index contributed by atoms with van der Waals surface area (Å²) in [6.07, 6.45) is -0.925. The van der Waals surface area contributed by atoms with E-state index in [1.807, 2.05) is 0 Å². The Labute approximate surface area is 62.4 Å². The Hall–Kier alpha value is -0.0900. The lowest BCUT2D eigenvalue weighted by atomic mass is 10.5. The summed E-state index contributed by atoms with van der Waals surface area (Å²) < 4.78 is 8.70. The zero-order valence-electron chi connectivity index (χ0n) is 5.09. The van der Waals surface area contributed by atoms with Crippen LogP contribution in [-0.4, -0.2) is 12.3 Å². The van der Waals surface area contributed by atoms with Crippen LogP contribution in [0.3, 0.4) is 0 Å². The summed E-state index contributed by atoms with van der Waals surface area (Å²) in [6, 6.07) is 0. The highest BCUT2D eigenvalue weighted by Crippen LogP contribution is 2.09. The van der Waals surface area contributed by atoms with Gasteiger partial charge in [-0.05, 0) is 13.8 Å². The molecule has 5 heteroatoms. The number of rotatable bonds is 2. The molecule has 9 heavy (non-hydrogen) atoms. The standard InChI is InChI=1S/C4H7ClO3S/c1-3(2)7-4(6)8-9-5/h3H,1-2H3. The van der Waals surface area contributed by atoms with Gasteiger partial charge in [0.2, 0.25) is 0 Å². The molecule has 0 bridgehead atoms. The molecule has 0 aliphatic rings. The molecule has 0 amide bonds. The Morgan fingerprint density at radius 2 is 2.22 bits per heavy atom. The zero-order chi connectivity index (χ0) is 7.28. The van der Waals surface area contributed by atoms with Crippen molar-refractivity contribution in [2.75, 3.05) is 0 Å². The van der Waals surface area contributed by atoms with Gasteiger partial charge in [-0.2, -0.15) is 0 Å². The number of carbonyl (C=O) groups is 1. The van der Waals surface area contributed by atoms with E-state index in [9.17, 15) is 4.79 Å². The normalized spacial score (nSPS) is 9.33. The lowest BCUT2D eigenvalue weighted by molar-refractivity contribution is 0.0796. The van der Waals surface area contributed by atoms with Gasteiger partial charge in [-0.3, -0.25) is 0 Å². The molecule has 0 aliphatic heterocycles. The van der Waals surface area contributed by atoms with Gasteiger partial charge in [0.1, 0.15) is 0 Å². The highest BCUT2D eigenvalue weighted by Gasteiger charge is 2.05. The third-order valence-corrected chi connectivity index (χ3v) is 0.820. The van der Waals surface area contributed by atoms with E-state index in [-0.39, 0.29) is 6.10 Å². The highest BCUT2D eigenvalue weighted by molar-refractivity contribution is 8.17. The Kier molecular flexibility index (Phi) is 4.71. The van der Waals surface area contributed by atoms with Gasteiger partial charge in [0.25, 0.3) is 0 Å². The molecular formula is C4H7ClO3S. The number of hydrogen-bond acceptors (Lipinski definition) is 4. The van der Waals surface area contributed by atoms with Crippen LogP contribution in [-0.2, 0) is 8.92 Å². The van der Waals surface area contributed by atoms with Gasteiger partial charge < -0.3 is 8.92 Å². The van der Waals surface area contributed by atoms with Gasteiger partial charge in [-0.15, -0.1) is 0 Å². The number of ether oxygens (including phenoxy) is 1. The summed E-state index contributed by atoms with van der Waals surface area (Å²) >= 11 is 0.449. The lowest BCUT2D eigenvalue weighted by Crippen LogP contribution is -2.09. The van der Waals surface area contributed by atoms with E-state index in [1.165, 1.54) is 0 Å². The van der Waals surface area contributed by atoms with Crippen molar-refractivity contribution in [3.8, 4) is 0 Å². The number of hydrogen-bond donors (Lipinski definition) is 0. The zero-order valence-corrected chi connectivity index (χ0v) is 6.66. The van der Waals surface area contributed by atoms with E-state index in [0.717, 1.165) is 0 Å². The molecule has 0 aromatic carbocycles. The molecule has 0 atom stereocenters. The molecule has 0 aliphatic carbocycles. The van der Waals surface area contributed by atoms with Crippen molar-refractivity contribution in [3.05, 3.63) is 0 Å². The molecule has 0 aromatic heterocycles. The predicted octanol–water partition coefficient (Wildman–Crippen LogP) is 2.35. The summed E-state index contributed by atoms with van der Waals surface area (Å²) in [5.74, 6) is 0. The van der Waals surface area contributed by atoms with E-state index in [1.54, 1.807) is 13.8 Å². The summed E-state index contributed by atoms with van der Waals surface area (Å²) in [5.41, 5.74) is 0. The first-order valence-electron chi connectivity index (χ1n) is 2.32. The Bertz CT molecular complexity index is 95.8. The van der Waals surface area contributed by atoms with Crippen molar-refractivity contribution >= 4 is 28.1 Å². The van der Waals surface area contributed by atoms with Crippen molar-refractivity contribution < 1.29 is 13.7 Å². The van der Waals surface area contributed by atoms with Crippen molar-refractivity contribution in [2.24, 2.45) is 0 Å². The average molecular weight is 171 g/mol. The molecular weight excluding hydrogens is 164 g/mol. The molecule has 0 unspecified atom stereocenters. The predicted molar refractivity (Wildman–Crippen MR) is 36.1 cm³/mol. The van der Waals surface area contributed by atoms with Crippen LogP contribution < -0.4 is 0 Å². The maximum Gasteiger partial charge on any atom is 0.522 e. The van der Waals surface area contributed by atoms with Gasteiger partial charge >= 0.3 is 6.16 Å². The first-order chi connectivity index (χ1) is 4.16. The molecule has 0 spiro atoms. The van der Waals surface area contributed by atoms with Crippen LogP contribution in [0.25, 0.3) is 0 Å². The van der Waals surface area contributed by atoms with E-state index in [2.05, 4.69) is 8.92 Å². The number of halogens is 1. The monoisotopic (exact) mass is 170 g/mol. The summed E-state index contributed by atoms with van der Waals surface area (Å²) in [7, 11) is 4.97. The molecule has 0 rings (SSSR count). The fourth-order valence-electron chi connectivity index (χ4n) is 0.238. The molecule has 0 heterocycles. The van der Waals surface area contributed by atoms with Gasteiger partial charge in [-0.25, -0.2) is 4.79 Å². The minimum absolute atomic E-state index is 0.165. The smallest absolute Gasteiger partial charge is 0.431 e. The quantitative estimate of drug-likeness (QED) is 0.471. The average Bonchev–Trinajstić information content (AvgIpc) is 1.63. The molecule has 0 fully saturated rings. The molecule has 54 valence electrons. The first-order valence-corrected chi connectivity index (χ1v) is 3.89. The molecule has 0 N–H and O–H groups in total. The van der Waals surface area contributed by atoms with Crippen molar-refractivity contribution in [3.63, 3.8) is 0 Å². The Morgan fingerprint density at radius 3 is 2.56 bits per heavy atom. The van der Waals surface area contributed by atoms with E-state index < -0.39 is 6.16 Å². The summed E-state index contributed by atoms with van der Waals surface area (Å²) in [6.45, 7) is 3.44. The van der Waals surface area contributed by atoms with E-state index in [0.29, 0.717) is 11.3 Å². The molecule has 0 saturated carbocycles. The minimum atomic E-state index is -0.759.